The molecule has 0 saturated heterocycles. The second-order valence-electron chi connectivity index (χ2n) is 30.1. The van der Waals surface area contributed by atoms with Crippen molar-refractivity contribution in [1.29, 1.82) is 0 Å². The molecule has 0 aliphatic carbocycles. The van der Waals surface area contributed by atoms with Crippen LogP contribution in [0.25, 0.3) is 75.5 Å². The highest BCUT2D eigenvalue weighted by Gasteiger charge is 2.05. The Balaban J connectivity index is 0.000000710. The highest BCUT2D eigenvalue weighted by molar-refractivity contribution is 5.70. The van der Waals surface area contributed by atoms with Gasteiger partial charge < -0.3 is 66.4 Å². The van der Waals surface area contributed by atoms with E-state index >= 15 is 0 Å². The van der Waals surface area contributed by atoms with Gasteiger partial charge in [-0.15, -0.1) is 0 Å². The summed E-state index contributed by atoms with van der Waals surface area (Å²) in [7, 11) is 0. The van der Waals surface area contributed by atoms with Crippen LogP contribution in [0.5, 0.6) is 74.7 Å². The highest BCUT2D eigenvalue weighted by Crippen LogP contribution is 2.29. The van der Waals surface area contributed by atoms with Crippen LogP contribution in [-0.4, -0.2) is 66.4 Å². The largest absolute Gasteiger partial charge is 0.508 e. The molecule has 13 nitrogen and oxygen atoms in total. The monoisotopic (exact) mass is 1760 g/mol. The van der Waals surface area contributed by atoms with Crippen LogP contribution in [0, 0.1) is 48.5 Å². The zero-order chi connectivity index (χ0) is 99.2. The summed E-state index contributed by atoms with van der Waals surface area (Å²) in [6.45, 7) is 74.8. The van der Waals surface area contributed by atoms with E-state index in [-0.39, 0.29) is 11.5 Å². The maximum Gasteiger partial charge on any atom is 0.123 e. The van der Waals surface area contributed by atoms with Crippen LogP contribution in [0.15, 0.2) is 359 Å². The van der Waals surface area contributed by atoms with E-state index in [2.05, 4.69) is 85.5 Å². The Morgan fingerprint density at radius 1 is 0.191 bits per heavy atom. The van der Waals surface area contributed by atoms with Crippen molar-refractivity contribution < 1.29 is 66.4 Å². The molecule has 0 radical (unpaired) electrons. The van der Waals surface area contributed by atoms with Gasteiger partial charge in [0.15, 0.2) is 0 Å². The number of para-hydroxylation sites is 2. The zero-order valence-corrected chi connectivity index (χ0v) is 78.5. The lowest BCUT2D eigenvalue weighted by Gasteiger charge is -2.05. The second kappa shape index (κ2) is 60.5. The van der Waals surface area contributed by atoms with Gasteiger partial charge >= 0.3 is 0 Å². The number of rotatable bonds is 13. The average Bonchev–Trinajstić information content (AvgIpc) is 0.832. The number of allylic oxidation sites excluding steroid dienone is 7. The predicted molar refractivity (Wildman–Crippen MR) is 562 cm³/mol. The van der Waals surface area contributed by atoms with E-state index in [0.717, 1.165) is 150 Å². The standard InChI is InChI=1S/4C10H12O.6C9H10O.3C8H8O/c1-7(2)10-5-4-9(11)6-8(10)3;1-7(2)9-4-5-10(11)8(3)6-9;1-7(2)9-5-4-8(3)10(11)6-9;1-7(2)9-5-4-6-10(11)8(9)3;1-7(2)8-3-5-9(10)6-4-8;1-7(2)8-4-3-5-9(10)6-8;1-7(2)8-5-3-4-6-9(8)10;1-3-8-4-5-9(10)6-7(8)2;1-3-8-4-5-9(10)7(2)6-8;1-3-8-5-4-7(2)9(10)6-8;1-2-7-3-5-8(9)6-4-7;1-2-7-4-3-5-8(9)6-7;1-2-7-5-3-4-6-8(7)9/h4*4-6,11H,1H2,2-3H3;6*3-6,10H,1H2,2H3;3*2-6,9H,1H2. The molecule has 13 N–H and O–H groups in total. The molecule has 0 aliphatic rings. The van der Waals surface area contributed by atoms with Gasteiger partial charge in [0.05, 0.1) is 0 Å². The molecule has 13 aromatic rings. The van der Waals surface area contributed by atoms with Crippen LogP contribution in [0.1, 0.15) is 160 Å². The molecule has 13 heteroatoms. The molecule has 0 amide bonds. The van der Waals surface area contributed by atoms with Crippen LogP contribution < -0.4 is 0 Å². The molecule has 0 saturated carbocycles. The fraction of sp³-hybridized carbons (Fsp3) is 0.119. The predicted octanol–water partition coefficient (Wildman–Crippen LogP) is 31.3. The van der Waals surface area contributed by atoms with Gasteiger partial charge in [0.1, 0.15) is 74.7 Å². The van der Waals surface area contributed by atoms with Gasteiger partial charge in [-0.25, -0.2) is 0 Å². The molecular formula is C118H132O13. The Hall–Kier alpha value is -16.1. The minimum atomic E-state index is 0.285. The first-order valence-electron chi connectivity index (χ1n) is 41.4. The molecule has 131 heavy (non-hydrogen) atoms. The lowest BCUT2D eigenvalue weighted by atomic mass is 10.0. The molecule has 0 bridgehead atoms. The quantitative estimate of drug-likeness (QED) is 0.0513. The summed E-state index contributed by atoms with van der Waals surface area (Å²) in [5, 5.41) is 118. The lowest BCUT2D eigenvalue weighted by Crippen LogP contribution is -1.83. The average molecular weight is 1760 g/mol. The van der Waals surface area contributed by atoms with Crippen LogP contribution in [-0.2, 0) is 0 Å². The van der Waals surface area contributed by atoms with Crippen molar-refractivity contribution in [3.63, 3.8) is 0 Å². The van der Waals surface area contributed by atoms with E-state index in [0.29, 0.717) is 63.2 Å². The normalized spacial score (nSPS) is 9.33. The number of phenols is 13. The molecule has 0 heterocycles. The van der Waals surface area contributed by atoms with Gasteiger partial charge in [-0.05, 0) is 330 Å². The van der Waals surface area contributed by atoms with Crippen molar-refractivity contribution in [1.82, 2.24) is 0 Å². The summed E-state index contributed by atoms with van der Waals surface area (Å²) in [5.41, 5.74) is 26.4. The number of benzene rings is 13. The van der Waals surface area contributed by atoms with Gasteiger partial charge in [-0.1, -0.05) is 301 Å². The molecule has 0 unspecified atom stereocenters. The van der Waals surface area contributed by atoms with E-state index in [9.17, 15) is 25.5 Å². The summed E-state index contributed by atoms with van der Waals surface area (Å²) in [6, 6.07) is 80.1. The topological polar surface area (TPSA) is 263 Å². The molecule has 13 rings (SSSR count). The van der Waals surface area contributed by atoms with Crippen LogP contribution >= 0.6 is 0 Å². The van der Waals surface area contributed by atoms with Crippen molar-refractivity contribution >= 4 is 75.5 Å². The van der Waals surface area contributed by atoms with Crippen molar-refractivity contribution in [3.05, 3.63) is 470 Å². The van der Waals surface area contributed by atoms with Crippen LogP contribution in [0.3, 0.4) is 0 Å². The Morgan fingerprint density at radius 3 is 0.954 bits per heavy atom. The summed E-state index contributed by atoms with van der Waals surface area (Å²) >= 11 is 0. The van der Waals surface area contributed by atoms with Gasteiger partial charge in [0, 0.05) is 11.1 Å². The smallest absolute Gasteiger partial charge is 0.123 e. The van der Waals surface area contributed by atoms with Crippen LogP contribution in [0.4, 0.5) is 0 Å². The molecule has 0 atom stereocenters. The molecule has 13 aromatic carbocycles. The Morgan fingerprint density at radius 2 is 0.550 bits per heavy atom. The summed E-state index contributed by atoms with van der Waals surface area (Å²) < 4.78 is 0. The minimum Gasteiger partial charge on any atom is -0.508 e. The summed E-state index contributed by atoms with van der Waals surface area (Å²) in [4.78, 5) is 0. The number of aryl methyl sites for hydroxylation is 6. The zero-order valence-electron chi connectivity index (χ0n) is 78.5. The number of phenolic OH excluding ortho intramolecular Hbond substituents is 13. The Kier molecular flexibility index (Phi) is 52.1. The number of aromatic hydroxyl groups is 13. The number of hydrogen-bond donors (Lipinski definition) is 13. The first-order chi connectivity index (χ1) is 61.8. The first kappa shape index (κ1) is 113. The molecule has 0 aliphatic heterocycles. The van der Waals surface area contributed by atoms with Gasteiger partial charge in [-0.2, -0.15) is 0 Å². The molecule has 682 valence electrons. The summed E-state index contributed by atoms with van der Waals surface area (Å²) in [6.07, 6.45) is 10.3. The molecular weight excluding hydrogens is 1630 g/mol. The second-order valence-corrected chi connectivity index (χ2v) is 30.1. The van der Waals surface area contributed by atoms with Crippen LogP contribution in [0.2, 0.25) is 0 Å². The van der Waals surface area contributed by atoms with E-state index in [1.165, 1.54) is 0 Å². The van der Waals surface area contributed by atoms with E-state index in [1.807, 2.05) is 230 Å². The van der Waals surface area contributed by atoms with Crippen molar-refractivity contribution in [2.75, 3.05) is 0 Å². The fourth-order valence-electron chi connectivity index (χ4n) is 10.7. The van der Waals surface area contributed by atoms with E-state index < -0.39 is 0 Å². The minimum absolute atomic E-state index is 0.285. The maximum absolute atomic E-state index is 9.31. The van der Waals surface area contributed by atoms with E-state index in [1.54, 1.807) is 176 Å². The van der Waals surface area contributed by atoms with Crippen molar-refractivity contribution in [2.45, 2.75) is 96.9 Å². The third-order valence-corrected chi connectivity index (χ3v) is 18.7. The maximum atomic E-state index is 9.31. The van der Waals surface area contributed by atoms with Gasteiger partial charge in [0.25, 0.3) is 0 Å². The van der Waals surface area contributed by atoms with Crippen molar-refractivity contribution in [2.24, 2.45) is 0 Å². The van der Waals surface area contributed by atoms with E-state index in [4.69, 9.17) is 40.9 Å². The van der Waals surface area contributed by atoms with Gasteiger partial charge in [-0.3, -0.25) is 0 Å². The Bertz CT molecular complexity index is 5840. The molecule has 0 spiro atoms. The Labute approximate surface area is 778 Å². The third-order valence-electron chi connectivity index (χ3n) is 18.7. The van der Waals surface area contributed by atoms with Crippen molar-refractivity contribution in [3.8, 4) is 74.7 Å². The molecule has 0 fully saturated rings. The SMILES string of the molecule is C=C(C)c1ccc(C)c(O)c1.C=C(C)c1ccc(O)c(C)c1.C=C(C)c1ccc(O)cc1.C=C(C)c1ccc(O)cc1C.C=C(C)c1cccc(O)c1.C=C(C)c1cccc(O)c1C.C=C(C)c1ccccc1O.C=Cc1ccc(C)c(O)c1.C=Cc1ccc(O)c(C)c1.C=Cc1ccc(O)cc1.C=Cc1ccc(O)cc1C.C=Cc1cccc(O)c1.C=Cc1ccccc1O. The fourth-order valence-corrected chi connectivity index (χ4v) is 10.7. The lowest BCUT2D eigenvalue weighted by molar-refractivity contribution is 0.470. The van der Waals surface area contributed by atoms with Gasteiger partial charge in [0.2, 0.25) is 0 Å². The third kappa shape index (κ3) is 45.1. The highest BCUT2D eigenvalue weighted by atomic mass is 16.3. The number of hydrogen-bond acceptors (Lipinski definition) is 13. The molecule has 0 aromatic heterocycles. The summed E-state index contributed by atoms with van der Waals surface area (Å²) in [5.74, 6) is 4.06. The first-order valence-corrected chi connectivity index (χ1v) is 41.4.